The number of methoxy groups -OCH3 is 1. The van der Waals surface area contributed by atoms with Crippen LogP contribution in [0.4, 0.5) is 4.79 Å². The van der Waals surface area contributed by atoms with Crippen molar-refractivity contribution in [3.8, 4) is 0 Å². The normalized spacial score (nSPS) is 17.5. The largest absolute Gasteiger partial charge is 0.444 e. The van der Waals surface area contributed by atoms with Crippen LogP contribution in [0.15, 0.2) is 24.4 Å². The summed E-state index contributed by atoms with van der Waals surface area (Å²) in [6.45, 7) is 7.93. The van der Waals surface area contributed by atoms with Gasteiger partial charge >= 0.3 is 6.09 Å². The van der Waals surface area contributed by atoms with Crippen LogP contribution in [0.5, 0.6) is 0 Å². The molecule has 1 aromatic rings. The molecule has 0 aromatic carbocycles. The lowest BCUT2D eigenvalue weighted by Gasteiger charge is -2.35. The van der Waals surface area contributed by atoms with Gasteiger partial charge in [-0.25, -0.2) is 4.79 Å². The molecule has 1 aliphatic heterocycles. The van der Waals surface area contributed by atoms with Gasteiger partial charge in [-0.05, 0) is 45.7 Å². The van der Waals surface area contributed by atoms with Crippen LogP contribution >= 0.6 is 0 Å². The standard InChI is InChI=1S/C20H31N3O4/c1-20(2,3)27-19(25)23-11-7-8-16(14-23)18(24)22(12-13-26-4)15-17-9-5-6-10-21-17/h5-6,9-10,16H,7-8,11-15H2,1-4H3. The highest BCUT2D eigenvalue weighted by Crippen LogP contribution is 2.22. The first-order chi connectivity index (χ1) is 12.8. The van der Waals surface area contributed by atoms with Crippen molar-refractivity contribution in [1.82, 2.24) is 14.8 Å². The molecule has 7 nitrogen and oxygen atoms in total. The Hall–Kier alpha value is -2.15. The first-order valence-corrected chi connectivity index (χ1v) is 9.45. The second-order valence-corrected chi connectivity index (χ2v) is 7.84. The molecule has 150 valence electrons. The van der Waals surface area contributed by atoms with Crippen molar-refractivity contribution in [2.45, 2.75) is 45.8 Å². The molecular weight excluding hydrogens is 346 g/mol. The van der Waals surface area contributed by atoms with Crippen molar-refractivity contribution in [2.75, 3.05) is 33.4 Å². The van der Waals surface area contributed by atoms with E-state index in [0.29, 0.717) is 32.8 Å². The molecule has 1 atom stereocenters. The van der Waals surface area contributed by atoms with Gasteiger partial charge in [0.05, 0.1) is 24.8 Å². The van der Waals surface area contributed by atoms with Crippen molar-refractivity contribution >= 4 is 12.0 Å². The van der Waals surface area contributed by atoms with Crippen LogP contribution < -0.4 is 0 Å². The van der Waals surface area contributed by atoms with Crippen molar-refractivity contribution in [3.63, 3.8) is 0 Å². The fourth-order valence-electron chi connectivity index (χ4n) is 3.09. The number of ether oxygens (including phenoxy) is 2. The molecule has 1 aliphatic rings. The maximum absolute atomic E-state index is 13.1. The highest BCUT2D eigenvalue weighted by atomic mass is 16.6. The zero-order valence-electron chi connectivity index (χ0n) is 16.8. The number of carbonyl (C=O) groups is 2. The number of hydrogen-bond acceptors (Lipinski definition) is 5. The van der Waals surface area contributed by atoms with E-state index in [2.05, 4.69) is 4.98 Å². The van der Waals surface area contributed by atoms with E-state index in [0.717, 1.165) is 18.5 Å². The maximum atomic E-state index is 13.1. The Labute approximate surface area is 161 Å². The molecule has 0 aliphatic carbocycles. The first kappa shape index (κ1) is 21.2. The van der Waals surface area contributed by atoms with E-state index in [1.165, 1.54) is 0 Å². The van der Waals surface area contributed by atoms with Gasteiger partial charge in [-0.3, -0.25) is 9.78 Å². The Kier molecular flexibility index (Phi) is 7.59. The zero-order chi connectivity index (χ0) is 19.9. The number of carbonyl (C=O) groups excluding carboxylic acids is 2. The minimum Gasteiger partial charge on any atom is -0.444 e. The number of piperidine rings is 1. The van der Waals surface area contributed by atoms with Gasteiger partial charge in [0, 0.05) is 32.9 Å². The lowest BCUT2D eigenvalue weighted by molar-refractivity contribution is -0.138. The Morgan fingerprint density at radius 3 is 2.74 bits per heavy atom. The summed E-state index contributed by atoms with van der Waals surface area (Å²) in [5, 5.41) is 0. The minimum atomic E-state index is -0.544. The Balaban J connectivity index is 2.03. The maximum Gasteiger partial charge on any atom is 0.410 e. The summed E-state index contributed by atoms with van der Waals surface area (Å²) < 4.78 is 10.6. The van der Waals surface area contributed by atoms with Crippen LogP contribution in [0.2, 0.25) is 0 Å². The van der Waals surface area contributed by atoms with Gasteiger partial charge in [0.15, 0.2) is 0 Å². The molecule has 0 N–H and O–H groups in total. The predicted octanol–water partition coefficient (Wildman–Crippen LogP) is 2.70. The molecule has 0 bridgehead atoms. The molecule has 0 radical (unpaired) electrons. The van der Waals surface area contributed by atoms with Gasteiger partial charge in [0.2, 0.25) is 5.91 Å². The smallest absolute Gasteiger partial charge is 0.410 e. The molecule has 0 saturated carbocycles. The molecule has 2 amide bonds. The van der Waals surface area contributed by atoms with Gasteiger partial charge in [-0.15, -0.1) is 0 Å². The average Bonchev–Trinajstić information content (AvgIpc) is 2.64. The number of pyridine rings is 1. The Morgan fingerprint density at radius 2 is 2.11 bits per heavy atom. The predicted molar refractivity (Wildman–Crippen MR) is 102 cm³/mol. The Morgan fingerprint density at radius 1 is 1.33 bits per heavy atom. The van der Waals surface area contributed by atoms with Gasteiger partial charge in [0.25, 0.3) is 0 Å². The number of nitrogens with zero attached hydrogens (tertiary/aromatic N) is 3. The van der Waals surface area contributed by atoms with Crippen LogP contribution in [0.1, 0.15) is 39.3 Å². The fraction of sp³-hybridized carbons (Fsp3) is 0.650. The van der Waals surface area contributed by atoms with E-state index < -0.39 is 5.60 Å². The van der Waals surface area contributed by atoms with E-state index in [9.17, 15) is 9.59 Å². The van der Waals surface area contributed by atoms with Gasteiger partial charge in [-0.2, -0.15) is 0 Å². The molecule has 7 heteroatoms. The van der Waals surface area contributed by atoms with E-state index in [4.69, 9.17) is 9.47 Å². The molecule has 2 rings (SSSR count). The number of aromatic nitrogens is 1. The van der Waals surface area contributed by atoms with Crippen LogP contribution in [-0.2, 0) is 20.8 Å². The minimum absolute atomic E-state index is 0.0333. The summed E-state index contributed by atoms with van der Waals surface area (Å²) in [6.07, 6.45) is 2.92. The third kappa shape index (κ3) is 6.82. The molecular formula is C20H31N3O4. The van der Waals surface area contributed by atoms with Crippen molar-refractivity contribution in [1.29, 1.82) is 0 Å². The van der Waals surface area contributed by atoms with Crippen LogP contribution in [-0.4, -0.2) is 65.7 Å². The van der Waals surface area contributed by atoms with Crippen LogP contribution in [0, 0.1) is 5.92 Å². The van der Waals surface area contributed by atoms with E-state index in [1.807, 2.05) is 39.0 Å². The third-order valence-corrected chi connectivity index (χ3v) is 4.38. The van der Waals surface area contributed by atoms with Crippen molar-refractivity contribution in [3.05, 3.63) is 30.1 Å². The summed E-state index contributed by atoms with van der Waals surface area (Å²) in [6, 6.07) is 5.66. The lowest BCUT2D eigenvalue weighted by atomic mass is 9.96. The Bertz CT molecular complexity index is 615. The second-order valence-electron chi connectivity index (χ2n) is 7.84. The van der Waals surface area contributed by atoms with E-state index in [1.54, 1.807) is 23.1 Å². The number of likely N-dealkylation sites (tertiary alicyclic amines) is 1. The fourth-order valence-corrected chi connectivity index (χ4v) is 3.09. The lowest BCUT2D eigenvalue weighted by Crippen LogP contribution is -2.48. The van der Waals surface area contributed by atoms with Crippen LogP contribution in [0.3, 0.4) is 0 Å². The van der Waals surface area contributed by atoms with Gasteiger partial charge in [-0.1, -0.05) is 6.07 Å². The van der Waals surface area contributed by atoms with Crippen molar-refractivity contribution < 1.29 is 19.1 Å². The second kappa shape index (κ2) is 9.69. The zero-order valence-corrected chi connectivity index (χ0v) is 16.8. The molecule has 27 heavy (non-hydrogen) atoms. The summed E-state index contributed by atoms with van der Waals surface area (Å²) in [5.74, 6) is -0.196. The van der Waals surface area contributed by atoms with Gasteiger partial charge < -0.3 is 19.3 Å². The summed E-state index contributed by atoms with van der Waals surface area (Å²) in [4.78, 5) is 33.2. The average molecular weight is 377 g/mol. The summed E-state index contributed by atoms with van der Waals surface area (Å²) >= 11 is 0. The highest BCUT2D eigenvalue weighted by molar-refractivity contribution is 5.80. The monoisotopic (exact) mass is 377 g/mol. The summed E-state index contributed by atoms with van der Waals surface area (Å²) in [5.41, 5.74) is 0.291. The number of hydrogen-bond donors (Lipinski definition) is 0. The van der Waals surface area contributed by atoms with Crippen LogP contribution in [0.25, 0.3) is 0 Å². The first-order valence-electron chi connectivity index (χ1n) is 9.45. The molecule has 1 fully saturated rings. The topological polar surface area (TPSA) is 72.0 Å². The summed E-state index contributed by atoms with van der Waals surface area (Å²) in [7, 11) is 1.62. The highest BCUT2D eigenvalue weighted by Gasteiger charge is 2.33. The third-order valence-electron chi connectivity index (χ3n) is 4.38. The molecule has 1 aromatic heterocycles. The molecule has 0 spiro atoms. The molecule has 1 saturated heterocycles. The SMILES string of the molecule is COCCN(Cc1ccccn1)C(=O)C1CCCN(C(=O)OC(C)(C)C)C1. The van der Waals surface area contributed by atoms with Gasteiger partial charge in [0.1, 0.15) is 5.60 Å². The quantitative estimate of drug-likeness (QED) is 0.762. The number of amides is 2. The number of rotatable bonds is 6. The van der Waals surface area contributed by atoms with E-state index in [-0.39, 0.29) is 17.9 Å². The molecule has 1 unspecified atom stereocenters. The van der Waals surface area contributed by atoms with E-state index >= 15 is 0 Å². The molecule has 2 heterocycles. The van der Waals surface area contributed by atoms with Crippen molar-refractivity contribution in [2.24, 2.45) is 5.92 Å².